The number of ether oxygens (including phenoxy) is 1. The Kier molecular flexibility index (Phi) is 1.73. The van der Waals surface area contributed by atoms with Gasteiger partial charge < -0.3 is 9.84 Å². The predicted molar refractivity (Wildman–Crippen MR) is 44.1 cm³/mol. The van der Waals surface area contributed by atoms with Gasteiger partial charge in [-0.15, -0.1) is 0 Å². The standard InChI is InChI=1S/C9H11NO2/c1-6(11)7-4-9-8(10-5-7)2-3-12-9/h4-6,11H,2-3H2,1H3. The minimum Gasteiger partial charge on any atom is -0.491 e. The molecule has 0 aliphatic carbocycles. The molecule has 0 amide bonds. The molecule has 2 rings (SSSR count). The van der Waals surface area contributed by atoms with Gasteiger partial charge in [0.05, 0.1) is 18.4 Å². The normalized spacial score (nSPS) is 16.8. The van der Waals surface area contributed by atoms with Crippen molar-refractivity contribution in [1.29, 1.82) is 0 Å². The molecule has 1 unspecified atom stereocenters. The van der Waals surface area contributed by atoms with Crippen LogP contribution in [0.3, 0.4) is 0 Å². The van der Waals surface area contributed by atoms with Gasteiger partial charge in [0.1, 0.15) is 5.75 Å². The van der Waals surface area contributed by atoms with Crippen LogP contribution in [0.2, 0.25) is 0 Å². The van der Waals surface area contributed by atoms with E-state index in [9.17, 15) is 5.11 Å². The van der Waals surface area contributed by atoms with Crippen LogP contribution in [-0.4, -0.2) is 16.7 Å². The molecule has 0 fully saturated rings. The van der Waals surface area contributed by atoms with Gasteiger partial charge in [0.25, 0.3) is 0 Å². The van der Waals surface area contributed by atoms with Gasteiger partial charge in [-0.1, -0.05) is 0 Å². The van der Waals surface area contributed by atoms with Crippen LogP contribution in [0.1, 0.15) is 24.3 Å². The Morgan fingerprint density at radius 3 is 3.25 bits per heavy atom. The number of hydrogen-bond donors (Lipinski definition) is 1. The number of aliphatic hydroxyl groups is 1. The number of aromatic nitrogens is 1. The molecule has 1 aliphatic heterocycles. The Bertz CT molecular complexity index is 297. The topological polar surface area (TPSA) is 42.4 Å². The lowest BCUT2D eigenvalue weighted by molar-refractivity contribution is 0.198. The third kappa shape index (κ3) is 1.16. The Morgan fingerprint density at radius 2 is 2.50 bits per heavy atom. The summed E-state index contributed by atoms with van der Waals surface area (Å²) in [7, 11) is 0. The van der Waals surface area contributed by atoms with Crippen LogP contribution in [0.4, 0.5) is 0 Å². The van der Waals surface area contributed by atoms with Crippen LogP contribution in [0.25, 0.3) is 0 Å². The molecule has 0 saturated carbocycles. The molecule has 1 aliphatic rings. The smallest absolute Gasteiger partial charge is 0.141 e. The van der Waals surface area contributed by atoms with E-state index in [4.69, 9.17) is 4.74 Å². The maximum Gasteiger partial charge on any atom is 0.141 e. The molecular formula is C9H11NO2. The number of aliphatic hydroxyl groups excluding tert-OH is 1. The molecule has 3 heteroatoms. The summed E-state index contributed by atoms with van der Waals surface area (Å²) in [4.78, 5) is 4.20. The van der Waals surface area contributed by atoms with Crippen LogP contribution in [0.5, 0.6) is 5.75 Å². The second-order valence-electron chi connectivity index (χ2n) is 2.99. The first-order valence-corrected chi connectivity index (χ1v) is 4.07. The van der Waals surface area contributed by atoms with Gasteiger partial charge >= 0.3 is 0 Å². The van der Waals surface area contributed by atoms with Gasteiger partial charge in [0, 0.05) is 18.2 Å². The summed E-state index contributed by atoms with van der Waals surface area (Å²) < 4.78 is 5.32. The highest BCUT2D eigenvalue weighted by molar-refractivity contribution is 5.34. The Morgan fingerprint density at radius 1 is 1.67 bits per heavy atom. The summed E-state index contributed by atoms with van der Waals surface area (Å²) in [5.74, 6) is 0.827. The van der Waals surface area contributed by atoms with E-state index in [0.717, 1.165) is 23.4 Å². The molecule has 0 radical (unpaired) electrons. The zero-order valence-corrected chi connectivity index (χ0v) is 6.95. The van der Waals surface area contributed by atoms with Crippen molar-refractivity contribution in [2.24, 2.45) is 0 Å². The van der Waals surface area contributed by atoms with Gasteiger partial charge in [-0.3, -0.25) is 4.98 Å². The fourth-order valence-electron chi connectivity index (χ4n) is 1.29. The number of nitrogens with zero attached hydrogens (tertiary/aromatic N) is 1. The summed E-state index contributed by atoms with van der Waals surface area (Å²) >= 11 is 0. The molecular weight excluding hydrogens is 154 g/mol. The van der Waals surface area contributed by atoms with Crippen molar-refractivity contribution < 1.29 is 9.84 Å². The molecule has 1 aromatic rings. The van der Waals surface area contributed by atoms with E-state index in [1.807, 2.05) is 6.07 Å². The minimum atomic E-state index is -0.466. The van der Waals surface area contributed by atoms with E-state index in [2.05, 4.69) is 4.98 Å². The zero-order valence-electron chi connectivity index (χ0n) is 6.95. The van der Waals surface area contributed by atoms with E-state index in [0.29, 0.717) is 6.61 Å². The Labute approximate surface area is 71.0 Å². The largest absolute Gasteiger partial charge is 0.491 e. The van der Waals surface area contributed by atoms with Crippen LogP contribution < -0.4 is 4.74 Å². The Balaban J connectivity index is 2.39. The van der Waals surface area contributed by atoms with E-state index in [1.165, 1.54) is 0 Å². The third-order valence-corrected chi connectivity index (χ3v) is 2.03. The average Bonchev–Trinajstić information content (AvgIpc) is 2.49. The molecule has 1 atom stereocenters. The fraction of sp³-hybridized carbons (Fsp3) is 0.444. The van der Waals surface area contributed by atoms with Crippen molar-refractivity contribution in [3.8, 4) is 5.75 Å². The first-order valence-electron chi connectivity index (χ1n) is 4.07. The van der Waals surface area contributed by atoms with Crippen LogP contribution in [0.15, 0.2) is 12.3 Å². The van der Waals surface area contributed by atoms with Crippen LogP contribution in [0, 0.1) is 0 Å². The molecule has 0 bridgehead atoms. The van der Waals surface area contributed by atoms with E-state index in [1.54, 1.807) is 13.1 Å². The minimum absolute atomic E-state index is 0.466. The van der Waals surface area contributed by atoms with Gasteiger partial charge in [0.2, 0.25) is 0 Å². The lowest BCUT2D eigenvalue weighted by atomic mass is 10.1. The van der Waals surface area contributed by atoms with Crippen molar-refractivity contribution in [3.05, 3.63) is 23.5 Å². The van der Waals surface area contributed by atoms with Crippen LogP contribution >= 0.6 is 0 Å². The molecule has 0 spiro atoms. The molecule has 12 heavy (non-hydrogen) atoms. The molecule has 2 heterocycles. The monoisotopic (exact) mass is 165 g/mol. The summed E-state index contributed by atoms with van der Waals surface area (Å²) in [6.07, 6.45) is 2.13. The van der Waals surface area contributed by atoms with E-state index >= 15 is 0 Å². The summed E-state index contributed by atoms with van der Waals surface area (Å²) in [5, 5.41) is 9.26. The van der Waals surface area contributed by atoms with Crippen molar-refractivity contribution in [2.75, 3.05) is 6.61 Å². The van der Waals surface area contributed by atoms with Gasteiger partial charge in [-0.2, -0.15) is 0 Å². The van der Waals surface area contributed by atoms with Gasteiger partial charge in [-0.05, 0) is 13.0 Å². The predicted octanol–water partition coefficient (Wildman–Crippen LogP) is 1.07. The summed E-state index contributed by atoms with van der Waals surface area (Å²) in [6.45, 7) is 2.43. The number of pyridine rings is 1. The molecule has 1 N–H and O–H groups in total. The molecule has 3 nitrogen and oxygen atoms in total. The highest BCUT2D eigenvalue weighted by atomic mass is 16.5. The fourth-order valence-corrected chi connectivity index (χ4v) is 1.29. The van der Waals surface area contributed by atoms with Crippen LogP contribution in [-0.2, 0) is 6.42 Å². The third-order valence-electron chi connectivity index (χ3n) is 2.03. The number of rotatable bonds is 1. The highest BCUT2D eigenvalue weighted by Gasteiger charge is 2.14. The molecule has 1 aromatic heterocycles. The van der Waals surface area contributed by atoms with Crippen molar-refractivity contribution in [1.82, 2.24) is 4.98 Å². The number of fused-ring (bicyclic) bond motifs is 1. The average molecular weight is 165 g/mol. The lowest BCUT2D eigenvalue weighted by Crippen LogP contribution is -1.93. The van der Waals surface area contributed by atoms with Crippen molar-refractivity contribution >= 4 is 0 Å². The highest BCUT2D eigenvalue weighted by Crippen LogP contribution is 2.25. The summed E-state index contributed by atoms with van der Waals surface area (Å²) in [6, 6.07) is 1.86. The quantitative estimate of drug-likeness (QED) is 0.676. The molecule has 0 aromatic carbocycles. The van der Waals surface area contributed by atoms with Gasteiger partial charge in [0.15, 0.2) is 0 Å². The molecule has 64 valence electrons. The second-order valence-corrected chi connectivity index (χ2v) is 2.99. The zero-order chi connectivity index (χ0) is 8.55. The van der Waals surface area contributed by atoms with Crippen molar-refractivity contribution in [3.63, 3.8) is 0 Å². The number of hydrogen-bond acceptors (Lipinski definition) is 3. The van der Waals surface area contributed by atoms with E-state index in [-0.39, 0.29) is 0 Å². The summed E-state index contributed by atoms with van der Waals surface area (Å²) in [5.41, 5.74) is 1.81. The van der Waals surface area contributed by atoms with Crippen molar-refractivity contribution in [2.45, 2.75) is 19.4 Å². The Hall–Kier alpha value is -1.09. The maximum absolute atomic E-state index is 9.26. The SMILES string of the molecule is CC(O)c1cnc2c(c1)OCC2. The van der Waals surface area contributed by atoms with Gasteiger partial charge in [-0.25, -0.2) is 0 Å². The maximum atomic E-state index is 9.26. The first kappa shape index (κ1) is 7.55. The lowest BCUT2D eigenvalue weighted by Gasteiger charge is -2.05. The van der Waals surface area contributed by atoms with E-state index < -0.39 is 6.10 Å². The first-order chi connectivity index (χ1) is 5.77. The second kappa shape index (κ2) is 2.75. The molecule has 0 saturated heterocycles.